The molecule has 0 spiro atoms. The van der Waals surface area contributed by atoms with Crippen molar-refractivity contribution < 1.29 is 76.1 Å². The minimum atomic E-state index is -1.49. The van der Waals surface area contributed by atoms with Crippen LogP contribution in [0.25, 0.3) is 0 Å². The first-order valence-electron chi connectivity index (χ1n) is 3.76. The number of carbonyl (C=O) groups is 1. The van der Waals surface area contributed by atoms with Crippen molar-refractivity contribution in [3.8, 4) is 11.5 Å². The molecule has 0 heterocycles. The molecule has 0 amide bonds. The minimum Gasteiger partial charge on any atom is -0.504 e. The van der Waals surface area contributed by atoms with Crippen molar-refractivity contribution in [3.05, 3.63) is 27.8 Å². The number of phenolic OH excluding ortho intramolecular Hbond substituents is 1. The van der Waals surface area contributed by atoms with Gasteiger partial charge in [-0.15, -0.1) is 0 Å². The van der Waals surface area contributed by atoms with Gasteiger partial charge in [0.1, 0.15) is 5.56 Å². The molecule has 0 atom stereocenters. The van der Waals surface area contributed by atoms with Gasteiger partial charge in [0.2, 0.25) is 0 Å². The summed E-state index contributed by atoms with van der Waals surface area (Å²) in [5.41, 5.74) is -1.21. The van der Waals surface area contributed by atoms with E-state index in [0.29, 0.717) is 0 Å². The second-order valence-electron chi connectivity index (χ2n) is 2.60. The summed E-state index contributed by atoms with van der Waals surface area (Å²) in [6.07, 6.45) is 0. The Balaban J connectivity index is 0.00000225. The minimum absolute atomic E-state index is 0. The zero-order valence-electron chi connectivity index (χ0n) is 8.63. The average molecular weight is 252 g/mol. The number of carboxylic acids is 1. The average Bonchev–Trinajstić information content (AvgIpc) is 2.16. The van der Waals surface area contributed by atoms with Crippen molar-refractivity contribution in [3.63, 3.8) is 0 Å². The standard InChI is InChI=1S/C8H7NO6.K/c1-15-7-3-5(9(13)14)4(8(11)12)2-6(7)10;/h2-3,10H,1H3,(H,11,12);/q;+1. The van der Waals surface area contributed by atoms with Crippen LogP contribution < -0.4 is 56.1 Å². The molecule has 0 saturated carbocycles. The maximum Gasteiger partial charge on any atom is 1.00 e. The number of methoxy groups -OCH3 is 1. The van der Waals surface area contributed by atoms with Gasteiger partial charge in [-0.25, -0.2) is 4.79 Å². The van der Waals surface area contributed by atoms with Crippen LogP contribution in [-0.4, -0.2) is 28.2 Å². The first-order chi connectivity index (χ1) is 6.97. The fourth-order valence-corrected chi connectivity index (χ4v) is 1.04. The molecule has 0 aliphatic rings. The molecule has 7 nitrogen and oxygen atoms in total. The largest absolute Gasteiger partial charge is 1.00 e. The van der Waals surface area contributed by atoms with E-state index >= 15 is 0 Å². The van der Waals surface area contributed by atoms with E-state index in [1.807, 2.05) is 0 Å². The van der Waals surface area contributed by atoms with Crippen LogP contribution in [0.3, 0.4) is 0 Å². The van der Waals surface area contributed by atoms with Crippen LogP contribution in [0.5, 0.6) is 11.5 Å². The molecule has 80 valence electrons. The number of nitro benzene ring substituents is 1. The number of nitrogens with zero attached hydrogens (tertiary/aromatic N) is 1. The number of nitro groups is 1. The third kappa shape index (κ3) is 3.16. The van der Waals surface area contributed by atoms with Gasteiger partial charge in [0, 0.05) is 6.07 Å². The topological polar surface area (TPSA) is 110 Å². The first kappa shape index (κ1) is 15.3. The number of hydrogen-bond acceptors (Lipinski definition) is 5. The third-order valence-electron chi connectivity index (χ3n) is 1.72. The van der Waals surface area contributed by atoms with Crippen LogP contribution in [0.1, 0.15) is 10.4 Å². The number of aromatic carboxylic acids is 1. The number of phenols is 1. The predicted octanol–water partition coefficient (Wildman–Crippen LogP) is -1.99. The number of aromatic hydroxyl groups is 1. The van der Waals surface area contributed by atoms with Crippen LogP contribution in [0.15, 0.2) is 12.1 Å². The summed E-state index contributed by atoms with van der Waals surface area (Å²) in [6.45, 7) is 0. The van der Waals surface area contributed by atoms with Gasteiger partial charge in [0.25, 0.3) is 5.69 Å². The summed E-state index contributed by atoms with van der Waals surface area (Å²) >= 11 is 0. The van der Waals surface area contributed by atoms with Gasteiger partial charge in [0.05, 0.1) is 18.1 Å². The van der Waals surface area contributed by atoms with Crippen molar-refractivity contribution in [2.75, 3.05) is 7.11 Å². The SMILES string of the molecule is COc1cc([N+](=O)[O-])c(C(=O)O)cc1O.[K+]. The molecular formula is C8H7KNO6+. The maximum atomic E-state index is 10.6. The van der Waals surface area contributed by atoms with Crippen LogP contribution >= 0.6 is 0 Å². The van der Waals surface area contributed by atoms with Gasteiger partial charge in [-0.2, -0.15) is 0 Å². The summed E-state index contributed by atoms with van der Waals surface area (Å²) in [5, 5.41) is 28.4. The van der Waals surface area contributed by atoms with Crippen molar-refractivity contribution in [1.29, 1.82) is 0 Å². The van der Waals surface area contributed by atoms with Gasteiger partial charge in [-0.05, 0) is 0 Å². The van der Waals surface area contributed by atoms with Gasteiger partial charge < -0.3 is 14.9 Å². The van der Waals surface area contributed by atoms with Crippen LogP contribution in [0.4, 0.5) is 5.69 Å². The Morgan fingerprint density at radius 1 is 1.50 bits per heavy atom. The van der Waals surface area contributed by atoms with Gasteiger partial charge >= 0.3 is 57.4 Å². The van der Waals surface area contributed by atoms with Crippen LogP contribution in [0, 0.1) is 10.1 Å². The quantitative estimate of drug-likeness (QED) is 0.366. The van der Waals surface area contributed by atoms with E-state index in [1.54, 1.807) is 0 Å². The van der Waals surface area contributed by atoms with Crippen molar-refractivity contribution in [2.24, 2.45) is 0 Å². The van der Waals surface area contributed by atoms with Crippen LogP contribution in [0.2, 0.25) is 0 Å². The molecule has 1 aromatic carbocycles. The zero-order chi connectivity index (χ0) is 11.6. The van der Waals surface area contributed by atoms with Crippen LogP contribution in [-0.2, 0) is 0 Å². The van der Waals surface area contributed by atoms with Crippen molar-refractivity contribution in [2.45, 2.75) is 0 Å². The Hall–Kier alpha value is -0.674. The first-order valence-corrected chi connectivity index (χ1v) is 3.76. The molecule has 0 bridgehead atoms. The molecule has 0 radical (unpaired) electrons. The molecule has 0 aliphatic carbocycles. The van der Waals surface area contributed by atoms with E-state index in [9.17, 15) is 20.0 Å². The zero-order valence-corrected chi connectivity index (χ0v) is 11.8. The van der Waals surface area contributed by atoms with Crippen molar-refractivity contribution in [1.82, 2.24) is 0 Å². The normalized spacial score (nSPS) is 9.06. The van der Waals surface area contributed by atoms with Gasteiger partial charge in [-0.1, -0.05) is 0 Å². The third-order valence-corrected chi connectivity index (χ3v) is 1.72. The molecule has 2 N–H and O–H groups in total. The Kier molecular flexibility index (Phi) is 5.90. The smallest absolute Gasteiger partial charge is 0.504 e. The summed E-state index contributed by atoms with van der Waals surface area (Å²) < 4.78 is 4.62. The number of rotatable bonds is 3. The number of hydrogen-bond donors (Lipinski definition) is 2. The molecule has 16 heavy (non-hydrogen) atoms. The summed E-state index contributed by atoms with van der Waals surface area (Å²) in [4.78, 5) is 20.3. The summed E-state index contributed by atoms with van der Waals surface area (Å²) in [6, 6.07) is 1.64. The molecular weight excluding hydrogens is 245 g/mol. The molecule has 1 aromatic rings. The second kappa shape index (κ2) is 6.16. The molecule has 0 saturated heterocycles. The molecule has 0 aromatic heterocycles. The van der Waals surface area contributed by atoms with Gasteiger partial charge in [-0.3, -0.25) is 10.1 Å². The van der Waals surface area contributed by atoms with E-state index in [4.69, 9.17) is 5.11 Å². The molecule has 0 unspecified atom stereocenters. The Bertz CT molecular complexity index is 433. The molecule has 0 fully saturated rings. The maximum absolute atomic E-state index is 10.6. The van der Waals surface area contributed by atoms with E-state index in [0.717, 1.165) is 12.1 Å². The van der Waals surface area contributed by atoms with E-state index < -0.39 is 27.9 Å². The van der Waals surface area contributed by atoms with Crippen molar-refractivity contribution >= 4 is 11.7 Å². The Morgan fingerprint density at radius 2 is 2.06 bits per heavy atom. The summed E-state index contributed by atoms with van der Waals surface area (Å²) in [7, 11) is 1.21. The van der Waals surface area contributed by atoms with E-state index in [-0.39, 0.29) is 57.1 Å². The predicted molar refractivity (Wildman–Crippen MR) is 48.3 cm³/mol. The monoisotopic (exact) mass is 252 g/mol. The molecule has 8 heteroatoms. The number of carboxylic acid groups (broad SMARTS) is 1. The number of ether oxygens (including phenoxy) is 1. The summed E-state index contributed by atoms with van der Waals surface area (Å²) in [5.74, 6) is -2.09. The van der Waals surface area contributed by atoms with E-state index in [2.05, 4.69) is 4.74 Å². The number of benzene rings is 1. The van der Waals surface area contributed by atoms with E-state index in [1.165, 1.54) is 7.11 Å². The second-order valence-corrected chi connectivity index (χ2v) is 2.60. The fourth-order valence-electron chi connectivity index (χ4n) is 1.04. The fraction of sp³-hybridized carbons (Fsp3) is 0.125. The van der Waals surface area contributed by atoms with Gasteiger partial charge in [0.15, 0.2) is 11.5 Å². The Morgan fingerprint density at radius 3 is 2.44 bits per heavy atom. The molecule has 0 aliphatic heterocycles. The molecule has 1 rings (SSSR count). The Labute approximate surface area is 133 Å².